The third-order valence-electron chi connectivity index (χ3n) is 5.81. The summed E-state index contributed by atoms with van der Waals surface area (Å²) in [6.07, 6.45) is -3.91. The Kier molecular flexibility index (Phi) is 12.2. The number of aliphatic carboxylic acids is 2. The van der Waals surface area contributed by atoms with Gasteiger partial charge in [-0.3, -0.25) is 14.4 Å². The maximum Gasteiger partial charge on any atom is 0.490 e. The average molecular weight is 607 g/mol. The average Bonchev–Trinajstić information content (AvgIpc) is 3.42. The molecule has 0 bridgehead atoms. The molecule has 42 heavy (non-hydrogen) atoms. The Labute approximate surface area is 234 Å². The Balaban J connectivity index is 0.000000367. The molecule has 3 aromatic rings. The summed E-state index contributed by atoms with van der Waals surface area (Å²) in [5, 5.41) is 18.6. The molecule has 0 saturated carbocycles. The maximum absolute atomic E-state index is 11.8. The molecule has 2 aromatic heterocycles. The number of H-pyrrole nitrogens is 1. The van der Waals surface area contributed by atoms with E-state index in [1.807, 2.05) is 35.3 Å². The third kappa shape index (κ3) is 11.7. The predicted molar refractivity (Wildman–Crippen MR) is 136 cm³/mol. The van der Waals surface area contributed by atoms with Gasteiger partial charge >= 0.3 is 24.3 Å². The molecule has 230 valence electrons. The maximum atomic E-state index is 11.8. The second kappa shape index (κ2) is 15.1. The van der Waals surface area contributed by atoms with E-state index in [2.05, 4.69) is 32.1 Å². The second-order valence-corrected chi connectivity index (χ2v) is 9.04. The number of carboxylic acid groups (broad SMARTS) is 2. The van der Waals surface area contributed by atoms with Crippen molar-refractivity contribution in [2.45, 2.75) is 44.8 Å². The van der Waals surface area contributed by atoms with E-state index in [0.717, 1.165) is 31.7 Å². The van der Waals surface area contributed by atoms with Crippen LogP contribution in [0.2, 0.25) is 0 Å². The minimum absolute atomic E-state index is 0.171. The summed E-state index contributed by atoms with van der Waals surface area (Å²) in [5.74, 6) is -4.25. The van der Waals surface area contributed by atoms with Crippen LogP contribution in [0, 0.1) is 5.92 Å². The standard InChI is InChI=1S/C21H26N6O.2C2HF3O2/c22-13-19-12-20(28)25-21(24-19)18-4-1-3-17(11-18)14-26-9-5-16(6-10-26)15-27-8-2-7-23-27;2*3-2(4,5)1(6)7/h1-4,7-8,11-12,16H,5-6,9-10,13-15,22H2,(H,24,25,28);2*(H,6,7). The molecule has 1 saturated heterocycles. The van der Waals surface area contributed by atoms with Crippen molar-refractivity contribution in [3.8, 4) is 11.4 Å². The highest BCUT2D eigenvalue weighted by Gasteiger charge is 2.38. The normalized spacial score (nSPS) is 14.3. The Hall–Kier alpha value is -4.25. The zero-order valence-corrected chi connectivity index (χ0v) is 21.9. The van der Waals surface area contributed by atoms with E-state index in [4.69, 9.17) is 25.5 Å². The first-order valence-corrected chi connectivity index (χ1v) is 12.3. The van der Waals surface area contributed by atoms with Gasteiger partial charge in [0.25, 0.3) is 5.56 Å². The largest absolute Gasteiger partial charge is 0.490 e. The van der Waals surface area contributed by atoms with Gasteiger partial charge in [0.2, 0.25) is 0 Å². The highest BCUT2D eigenvalue weighted by molar-refractivity contribution is 5.73. The summed E-state index contributed by atoms with van der Waals surface area (Å²) in [5.41, 5.74) is 8.22. The number of hydrogen-bond donors (Lipinski definition) is 4. The van der Waals surface area contributed by atoms with Gasteiger partial charge in [-0.05, 0) is 49.5 Å². The van der Waals surface area contributed by atoms with E-state index in [9.17, 15) is 31.1 Å². The molecule has 3 heterocycles. The van der Waals surface area contributed by atoms with Crippen LogP contribution in [-0.2, 0) is 29.2 Å². The first-order valence-electron chi connectivity index (χ1n) is 12.3. The van der Waals surface area contributed by atoms with E-state index in [1.54, 1.807) is 0 Å². The Bertz CT molecular complexity index is 1330. The molecule has 0 aliphatic carbocycles. The minimum atomic E-state index is -5.08. The Morgan fingerprint density at radius 1 is 1.00 bits per heavy atom. The van der Waals surface area contributed by atoms with Crippen LogP contribution >= 0.6 is 0 Å². The van der Waals surface area contributed by atoms with Gasteiger partial charge in [-0.1, -0.05) is 18.2 Å². The summed E-state index contributed by atoms with van der Waals surface area (Å²) in [4.78, 5) is 39.4. The number of halogens is 6. The molecule has 0 spiro atoms. The highest BCUT2D eigenvalue weighted by atomic mass is 19.4. The van der Waals surface area contributed by atoms with E-state index < -0.39 is 24.3 Å². The summed E-state index contributed by atoms with van der Waals surface area (Å²) in [6.45, 7) is 4.35. The number of rotatable bonds is 6. The molecule has 0 radical (unpaired) electrons. The van der Waals surface area contributed by atoms with Crippen molar-refractivity contribution < 1.29 is 46.1 Å². The van der Waals surface area contributed by atoms with Crippen LogP contribution in [0.1, 0.15) is 24.1 Å². The van der Waals surface area contributed by atoms with Gasteiger partial charge in [0.15, 0.2) is 0 Å². The summed E-state index contributed by atoms with van der Waals surface area (Å²) >= 11 is 0. The predicted octanol–water partition coefficient (Wildman–Crippen LogP) is 3.27. The molecular weight excluding hydrogens is 578 g/mol. The Morgan fingerprint density at radius 3 is 2.10 bits per heavy atom. The van der Waals surface area contributed by atoms with Crippen LogP contribution in [-0.4, -0.2) is 72.2 Å². The fourth-order valence-corrected chi connectivity index (χ4v) is 3.82. The lowest BCUT2D eigenvalue weighted by Crippen LogP contribution is -2.34. The molecule has 1 aliphatic heterocycles. The number of nitrogens with one attached hydrogen (secondary N) is 1. The van der Waals surface area contributed by atoms with Gasteiger partial charge in [0.1, 0.15) is 5.82 Å². The molecule has 0 amide bonds. The summed E-state index contributed by atoms with van der Waals surface area (Å²) in [6, 6.07) is 11.6. The van der Waals surface area contributed by atoms with Crippen molar-refractivity contribution in [2.75, 3.05) is 13.1 Å². The lowest BCUT2D eigenvalue weighted by Gasteiger charge is -2.32. The fourth-order valence-electron chi connectivity index (χ4n) is 3.82. The number of aromatic nitrogens is 4. The number of piperidine rings is 1. The van der Waals surface area contributed by atoms with E-state index in [-0.39, 0.29) is 12.1 Å². The van der Waals surface area contributed by atoms with Crippen molar-refractivity contribution in [2.24, 2.45) is 11.7 Å². The summed E-state index contributed by atoms with van der Waals surface area (Å²) in [7, 11) is 0. The van der Waals surface area contributed by atoms with Crippen LogP contribution < -0.4 is 11.3 Å². The van der Waals surface area contributed by atoms with Gasteiger partial charge in [-0.25, -0.2) is 14.6 Å². The number of alkyl halides is 6. The van der Waals surface area contributed by atoms with Crippen molar-refractivity contribution in [1.29, 1.82) is 0 Å². The molecule has 0 atom stereocenters. The lowest BCUT2D eigenvalue weighted by atomic mass is 9.96. The lowest BCUT2D eigenvalue weighted by molar-refractivity contribution is -0.193. The first-order chi connectivity index (χ1) is 19.6. The SMILES string of the molecule is NCc1cc(=O)[nH]c(-c2cccc(CN3CCC(Cn4cccn4)CC3)c2)n1.O=C(O)C(F)(F)F.O=C(O)C(F)(F)F. The highest BCUT2D eigenvalue weighted by Crippen LogP contribution is 2.22. The number of carboxylic acids is 2. The number of likely N-dealkylation sites (tertiary alicyclic amines) is 1. The monoisotopic (exact) mass is 606 g/mol. The quantitative estimate of drug-likeness (QED) is 0.308. The zero-order valence-electron chi connectivity index (χ0n) is 21.9. The van der Waals surface area contributed by atoms with Crippen LogP contribution in [0.25, 0.3) is 11.4 Å². The molecule has 1 aromatic carbocycles. The zero-order chi connectivity index (χ0) is 31.5. The molecule has 5 N–H and O–H groups in total. The topological polar surface area (TPSA) is 167 Å². The Morgan fingerprint density at radius 2 is 1.60 bits per heavy atom. The fraction of sp³-hybridized carbons (Fsp3) is 0.400. The molecule has 1 aliphatic rings. The van der Waals surface area contributed by atoms with Crippen molar-refractivity contribution in [1.82, 2.24) is 24.6 Å². The summed E-state index contributed by atoms with van der Waals surface area (Å²) < 4.78 is 65.5. The third-order valence-corrected chi connectivity index (χ3v) is 5.81. The van der Waals surface area contributed by atoms with E-state index in [1.165, 1.54) is 24.5 Å². The molecular formula is C25H28F6N6O5. The van der Waals surface area contributed by atoms with Crippen molar-refractivity contribution in [3.05, 3.63) is 70.4 Å². The first kappa shape index (κ1) is 34.0. The number of aromatic amines is 1. The number of hydrogen-bond acceptors (Lipinski definition) is 7. The molecule has 17 heteroatoms. The minimum Gasteiger partial charge on any atom is -0.475 e. The van der Waals surface area contributed by atoms with Gasteiger partial charge in [-0.2, -0.15) is 31.4 Å². The molecule has 1 fully saturated rings. The smallest absolute Gasteiger partial charge is 0.475 e. The van der Waals surface area contributed by atoms with E-state index >= 15 is 0 Å². The van der Waals surface area contributed by atoms with Crippen LogP contribution in [0.4, 0.5) is 26.3 Å². The van der Waals surface area contributed by atoms with E-state index in [0.29, 0.717) is 17.4 Å². The molecule has 0 unspecified atom stereocenters. The number of nitrogens with two attached hydrogens (primary N) is 1. The van der Waals surface area contributed by atoms with Gasteiger partial charge in [0, 0.05) is 43.7 Å². The number of benzene rings is 1. The van der Waals surface area contributed by atoms with Gasteiger partial charge < -0.3 is 20.9 Å². The number of carbonyl (C=O) groups is 2. The van der Waals surface area contributed by atoms with Gasteiger partial charge in [0.05, 0.1) is 5.69 Å². The van der Waals surface area contributed by atoms with Crippen molar-refractivity contribution in [3.63, 3.8) is 0 Å². The van der Waals surface area contributed by atoms with Gasteiger partial charge in [-0.15, -0.1) is 0 Å². The van der Waals surface area contributed by atoms with Crippen molar-refractivity contribution >= 4 is 11.9 Å². The van der Waals surface area contributed by atoms with Crippen LogP contribution in [0.3, 0.4) is 0 Å². The molecule has 4 rings (SSSR count). The second-order valence-electron chi connectivity index (χ2n) is 9.04. The van der Waals surface area contributed by atoms with Crippen LogP contribution in [0.5, 0.6) is 0 Å². The van der Waals surface area contributed by atoms with Crippen LogP contribution in [0.15, 0.2) is 53.6 Å². The molecule has 11 nitrogen and oxygen atoms in total. The number of nitrogens with zero attached hydrogens (tertiary/aromatic N) is 4.